The van der Waals surface area contributed by atoms with E-state index in [-0.39, 0.29) is 6.61 Å². The lowest BCUT2D eigenvalue weighted by Gasteiger charge is -2.18. The summed E-state index contributed by atoms with van der Waals surface area (Å²) in [5.74, 6) is 1.92. The zero-order valence-electron chi connectivity index (χ0n) is 8.99. The molecule has 0 saturated carbocycles. The predicted octanol–water partition coefficient (Wildman–Crippen LogP) is 1.79. The van der Waals surface area contributed by atoms with Crippen LogP contribution in [0.1, 0.15) is 24.9 Å². The maximum atomic E-state index is 8.87. The van der Waals surface area contributed by atoms with Crippen LogP contribution < -0.4 is 0 Å². The Morgan fingerprint density at radius 3 is 2.64 bits per heavy atom. The molecule has 14 heavy (non-hydrogen) atoms. The number of rotatable bonds is 6. The van der Waals surface area contributed by atoms with Crippen molar-refractivity contribution in [3.63, 3.8) is 0 Å². The van der Waals surface area contributed by atoms with Crippen molar-refractivity contribution in [1.29, 1.82) is 0 Å². The minimum Gasteiger partial charge on any atom is -0.465 e. The first-order chi connectivity index (χ1) is 6.76. The lowest BCUT2D eigenvalue weighted by molar-refractivity contribution is 0.180. The fraction of sp³-hybridized carbons (Fsp3) is 0.636. The molecule has 0 aromatic carbocycles. The van der Waals surface area contributed by atoms with Crippen LogP contribution in [0.25, 0.3) is 0 Å². The first-order valence-electron chi connectivity index (χ1n) is 5.14. The van der Waals surface area contributed by atoms with E-state index in [1.807, 2.05) is 19.1 Å². The van der Waals surface area contributed by atoms with Gasteiger partial charge in [0.1, 0.15) is 11.5 Å². The lowest BCUT2D eigenvalue weighted by atomic mass is 10.3. The van der Waals surface area contributed by atoms with Crippen molar-refractivity contribution < 1.29 is 9.52 Å². The van der Waals surface area contributed by atoms with E-state index in [9.17, 15) is 0 Å². The minimum atomic E-state index is 0.208. The third-order valence-electron chi connectivity index (χ3n) is 2.13. The molecule has 1 N–H and O–H groups in total. The van der Waals surface area contributed by atoms with Gasteiger partial charge in [-0.2, -0.15) is 0 Å². The number of hydrogen-bond acceptors (Lipinski definition) is 3. The summed E-state index contributed by atoms with van der Waals surface area (Å²) in [5, 5.41) is 8.87. The van der Waals surface area contributed by atoms with Crippen LogP contribution in [0.15, 0.2) is 16.5 Å². The Labute approximate surface area is 85.3 Å². The van der Waals surface area contributed by atoms with E-state index < -0.39 is 0 Å². The van der Waals surface area contributed by atoms with E-state index in [2.05, 4.69) is 11.8 Å². The second-order valence-electron chi connectivity index (χ2n) is 3.51. The summed E-state index contributed by atoms with van der Waals surface area (Å²) in [7, 11) is 0. The number of aryl methyl sites for hydroxylation is 1. The first kappa shape index (κ1) is 11.3. The molecule has 0 amide bonds. The Morgan fingerprint density at radius 2 is 2.14 bits per heavy atom. The average Bonchev–Trinajstić information content (AvgIpc) is 2.52. The standard InChI is InChI=1S/C11H19NO2/c1-3-6-12(7-8-13)9-11-5-4-10(2)14-11/h4-5,13H,3,6-9H2,1-2H3. The highest BCUT2D eigenvalue weighted by Gasteiger charge is 2.06. The molecular formula is C11H19NO2. The summed E-state index contributed by atoms with van der Waals surface area (Å²) in [5.41, 5.74) is 0. The summed E-state index contributed by atoms with van der Waals surface area (Å²) in [6.45, 7) is 6.80. The first-order valence-corrected chi connectivity index (χ1v) is 5.14. The third-order valence-corrected chi connectivity index (χ3v) is 2.13. The van der Waals surface area contributed by atoms with Gasteiger partial charge in [0.25, 0.3) is 0 Å². The largest absolute Gasteiger partial charge is 0.465 e. The summed E-state index contributed by atoms with van der Waals surface area (Å²) in [4.78, 5) is 2.19. The molecule has 1 aromatic rings. The number of aliphatic hydroxyl groups excluding tert-OH is 1. The molecule has 1 heterocycles. The van der Waals surface area contributed by atoms with Gasteiger partial charge < -0.3 is 9.52 Å². The highest BCUT2D eigenvalue weighted by Crippen LogP contribution is 2.09. The zero-order chi connectivity index (χ0) is 10.4. The molecule has 0 radical (unpaired) electrons. The van der Waals surface area contributed by atoms with Crippen LogP contribution >= 0.6 is 0 Å². The van der Waals surface area contributed by atoms with E-state index in [0.29, 0.717) is 6.54 Å². The van der Waals surface area contributed by atoms with Crippen molar-refractivity contribution in [2.24, 2.45) is 0 Å². The molecule has 0 unspecified atom stereocenters. The van der Waals surface area contributed by atoms with Crippen LogP contribution in [0, 0.1) is 6.92 Å². The quantitative estimate of drug-likeness (QED) is 0.755. The predicted molar refractivity (Wildman–Crippen MR) is 56.1 cm³/mol. The van der Waals surface area contributed by atoms with Crippen molar-refractivity contribution in [3.8, 4) is 0 Å². The molecule has 1 aromatic heterocycles. The molecule has 0 spiro atoms. The summed E-state index contributed by atoms with van der Waals surface area (Å²) >= 11 is 0. The van der Waals surface area contributed by atoms with Gasteiger partial charge in [-0.1, -0.05) is 6.92 Å². The molecular weight excluding hydrogens is 178 g/mol. The van der Waals surface area contributed by atoms with Crippen LogP contribution in [0.5, 0.6) is 0 Å². The third kappa shape index (κ3) is 3.52. The second-order valence-corrected chi connectivity index (χ2v) is 3.51. The van der Waals surface area contributed by atoms with Crippen LogP contribution in [0.3, 0.4) is 0 Å². The summed E-state index contributed by atoms with van der Waals surface area (Å²) < 4.78 is 5.48. The maximum Gasteiger partial charge on any atom is 0.118 e. The number of nitrogens with zero attached hydrogens (tertiary/aromatic N) is 1. The van der Waals surface area contributed by atoms with E-state index in [1.165, 1.54) is 0 Å². The molecule has 3 nitrogen and oxygen atoms in total. The van der Waals surface area contributed by atoms with Crippen LogP contribution in [0.4, 0.5) is 0 Å². The van der Waals surface area contributed by atoms with Gasteiger partial charge >= 0.3 is 0 Å². The Balaban J connectivity index is 2.46. The van der Waals surface area contributed by atoms with Gasteiger partial charge in [-0.3, -0.25) is 4.90 Å². The van der Waals surface area contributed by atoms with Gasteiger partial charge in [0.2, 0.25) is 0 Å². The van der Waals surface area contributed by atoms with Crippen LogP contribution in [-0.2, 0) is 6.54 Å². The number of hydrogen-bond donors (Lipinski definition) is 1. The topological polar surface area (TPSA) is 36.6 Å². The van der Waals surface area contributed by atoms with Gasteiger partial charge in [0.05, 0.1) is 13.2 Å². The smallest absolute Gasteiger partial charge is 0.118 e. The van der Waals surface area contributed by atoms with Crippen LogP contribution in [-0.4, -0.2) is 29.7 Å². The van der Waals surface area contributed by atoms with Gasteiger partial charge in [-0.05, 0) is 32.0 Å². The molecule has 3 heteroatoms. The molecule has 0 aliphatic heterocycles. The summed E-state index contributed by atoms with van der Waals surface area (Å²) in [6.07, 6.45) is 1.10. The minimum absolute atomic E-state index is 0.208. The van der Waals surface area contributed by atoms with Gasteiger partial charge in [0, 0.05) is 6.54 Å². The monoisotopic (exact) mass is 197 g/mol. The molecule has 0 fully saturated rings. The fourth-order valence-corrected chi connectivity index (χ4v) is 1.52. The lowest BCUT2D eigenvalue weighted by Crippen LogP contribution is -2.27. The highest BCUT2D eigenvalue weighted by molar-refractivity contribution is 5.05. The van der Waals surface area contributed by atoms with Gasteiger partial charge in [0.15, 0.2) is 0 Å². The maximum absolute atomic E-state index is 8.87. The second kappa shape index (κ2) is 5.83. The van der Waals surface area contributed by atoms with Crippen LogP contribution in [0.2, 0.25) is 0 Å². The molecule has 0 bridgehead atoms. The average molecular weight is 197 g/mol. The SMILES string of the molecule is CCCN(CCO)Cc1ccc(C)o1. The molecule has 0 saturated heterocycles. The molecule has 1 rings (SSSR count). The Morgan fingerprint density at radius 1 is 1.36 bits per heavy atom. The fourth-order valence-electron chi connectivity index (χ4n) is 1.52. The van der Waals surface area contributed by atoms with Gasteiger partial charge in [-0.15, -0.1) is 0 Å². The summed E-state index contributed by atoms with van der Waals surface area (Å²) in [6, 6.07) is 3.97. The van der Waals surface area contributed by atoms with Crippen molar-refractivity contribution in [1.82, 2.24) is 4.90 Å². The number of furan rings is 1. The Hall–Kier alpha value is -0.800. The van der Waals surface area contributed by atoms with E-state index in [4.69, 9.17) is 9.52 Å². The van der Waals surface area contributed by atoms with Gasteiger partial charge in [-0.25, -0.2) is 0 Å². The molecule has 80 valence electrons. The van der Waals surface area contributed by atoms with E-state index in [1.54, 1.807) is 0 Å². The molecule has 0 aliphatic carbocycles. The molecule has 0 atom stereocenters. The normalized spacial score (nSPS) is 11.1. The van der Waals surface area contributed by atoms with Crippen molar-refractivity contribution in [2.45, 2.75) is 26.8 Å². The number of aliphatic hydroxyl groups is 1. The van der Waals surface area contributed by atoms with Crippen molar-refractivity contribution in [2.75, 3.05) is 19.7 Å². The van der Waals surface area contributed by atoms with E-state index in [0.717, 1.165) is 31.0 Å². The van der Waals surface area contributed by atoms with Crippen molar-refractivity contribution in [3.05, 3.63) is 23.7 Å². The zero-order valence-corrected chi connectivity index (χ0v) is 8.99. The molecule has 0 aliphatic rings. The van der Waals surface area contributed by atoms with E-state index >= 15 is 0 Å². The Bertz CT molecular complexity index is 252. The highest BCUT2D eigenvalue weighted by atomic mass is 16.3. The Kier molecular flexibility index (Phi) is 4.70. The van der Waals surface area contributed by atoms with Crippen molar-refractivity contribution >= 4 is 0 Å².